The molecule has 2 aliphatic rings. The summed E-state index contributed by atoms with van der Waals surface area (Å²) >= 11 is 0. The molecule has 1 aromatic carbocycles. The van der Waals surface area contributed by atoms with Gasteiger partial charge in [-0.2, -0.15) is 0 Å². The fraction of sp³-hybridized carbons (Fsp3) is 0.143. The van der Waals surface area contributed by atoms with Crippen molar-refractivity contribution in [3.8, 4) is 0 Å². The molecule has 0 spiro atoms. The molecular formula is C14H12N2O2. The normalized spacial score (nSPS) is 17.1. The summed E-state index contributed by atoms with van der Waals surface area (Å²) in [5, 5.41) is 0. The predicted molar refractivity (Wildman–Crippen MR) is 64.5 cm³/mol. The Kier molecular flexibility index (Phi) is 3.08. The maximum absolute atomic E-state index is 4.92. The van der Waals surface area contributed by atoms with Gasteiger partial charge in [0.1, 0.15) is 12.5 Å². The van der Waals surface area contributed by atoms with Gasteiger partial charge in [-0.15, -0.1) is 0 Å². The molecule has 0 amide bonds. The molecule has 18 heavy (non-hydrogen) atoms. The number of hydrogen-bond acceptors (Lipinski definition) is 4. The minimum atomic E-state index is 0.754. The second-order valence-electron chi connectivity index (χ2n) is 4.06. The minimum absolute atomic E-state index is 0.754. The predicted octanol–water partition coefficient (Wildman–Crippen LogP) is 2.29. The number of nitrogens with zero attached hydrogens (tertiary/aromatic N) is 2. The third kappa shape index (κ3) is 2.59. The molecule has 0 saturated carbocycles. The Labute approximate surface area is 107 Å². The molecule has 0 aromatic heterocycles. The van der Waals surface area contributed by atoms with E-state index in [1.165, 1.54) is 11.1 Å². The van der Waals surface area contributed by atoms with Gasteiger partial charge in [-0.1, -0.05) is 24.3 Å². The largest absolute Gasteiger partial charge is 0.462 e. The van der Waals surface area contributed by atoms with Crippen LogP contribution in [0.5, 0.6) is 0 Å². The van der Waals surface area contributed by atoms with Crippen LogP contribution >= 0.6 is 0 Å². The smallest absolute Gasteiger partial charge is 0.314 e. The molecule has 1 aromatic rings. The molecule has 0 saturated heterocycles. The van der Waals surface area contributed by atoms with E-state index in [4.69, 9.17) is 9.47 Å². The van der Waals surface area contributed by atoms with Gasteiger partial charge in [0.2, 0.25) is 0 Å². The Hall–Kier alpha value is -2.10. The highest BCUT2D eigenvalue weighted by molar-refractivity contribution is 5.24. The molecule has 2 heterocycles. The van der Waals surface area contributed by atoms with Crippen molar-refractivity contribution < 1.29 is 9.47 Å². The van der Waals surface area contributed by atoms with Crippen LogP contribution < -0.4 is 0 Å². The summed E-state index contributed by atoms with van der Waals surface area (Å²) < 4.78 is 9.84. The van der Waals surface area contributed by atoms with Gasteiger partial charge in [-0.3, -0.25) is 0 Å². The summed E-state index contributed by atoms with van der Waals surface area (Å²) in [7, 11) is 0. The van der Waals surface area contributed by atoms with Crippen molar-refractivity contribution in [2.45, 2.75) is 13.1 Å². The van der Waals surface area contributed by atoms with Crippen LogP contribution in [0, 0.1) is 13.5 Å². The zero-order valence-corrected chi connectivity index (χ0v) is 9.74. The Morgan fingerprint density at radius 2 is 1.44 bits per heavy atom. The monoisotopic (exact) mass is 240 g/mol. The van der Waals surface area contributed by atoms with Crippen molar-refractivity contribution in [2.75, 3.05) is 0 Å². The van der Waals surface area contributed by atoms with Gasteiger partial charge in [-0.05, 0) is 11.1 Å². The number of rotatable bonds is 4. The maximum atomic E-state index is 4.92. The molecule has 0 aliphatic carbocycles. The lowest BCUT2D eigenvalue weighted by atomic mass is 10.1. The Bertz CT molecular complexity index is 431. The van der Waals surface area contributed by atoms with Crippen molar-refractivity contribution >= 4 is 0 Å². The fourth-order valence-electron chi connectivity index (χ4n) is 1.85. The first-order valence-corrected chi connectivity index (χ1v) is 5.67. The molecule has 4 nitrogen and oxygen atoms in total. The van der Waals surface area contributed by atoms with Gasteiger partial charge in [-0.25, -0.2) is 0 Å². The van der Waals surface area contributed by atoms with E-state index in [0.29, 0.717) is 0 Å². The van der Waals surface area contributed by atoms with Crippen LogP contribution in [0.15, 0.2) is 49.2 Å². The topological polar surface area (TPSA) is 24.9 Å². The van der Waals surface area contributed by atoms with Crippen molar-refractivity contribution in [3.63, 3.8) is 0 Å². The lowest BCUT2D eigenvalue weighted by molar-refractivity contribution is 0.251. The first-order valence-electron chi connectivity index (χ1n) is 5.67. The zero-order valence-electron chi connectivity index (χ0n) is 9.74. The molecule has 0 fully saturated rings. The number of ether oxygens (including phenoxy) is 2. The van der Waals surface area contributed by atoms with E-state index in [-0.39, 0.29) is 0 Å². The second-order valence-corrected chi connectivity index (χ2v) is 4.06. The summed E-state index contributed by atoms with van der Waals surface area (Å²) in [4.78, 5) is 3.74. The molecule has 4 heteroatoms. The summed E-state index contributed by atoms with van der Waals surface area (Å²) in [5.74, 6) is 0. The van der Waals surface area contributed by atoms with Crippen LogP contribution in [-0.2, 0) is 22.6 Å². The van der Waals surface area contributed by atoms with Gasteiger partial charge in [0.25, 0.3) is 0 Å². The summed E-state index contributed by atoms with van der Waals surface area (Å²) in [5.41, 5.74) is 2.42. The number of benzene rings is 1. The van der Waals surface area contributed by atoms with Crippen LogP contribution in [0.25, 0.3) is 0 Å². The Morgan fingerprint density at radius 1 is 0.889 bits per heavy atom. The van der Waals surface area contributed by atoms with E-state index in [9.17, 15) is 0 Å². The molecule has 0 N–H and O–H groups in total. The van der Waals surface area contributed by atoms with Crippen LogP contribution in [0.1, 0.15) is 11.1 Å². The van der Waals surface area contributed by atoms with E-state index in [0.717, 1.165) is 13.1 Å². The Morgan fingerprint density at radius 3 is 1.89 bits per heavy atom. The quantitative estimate of drug-likeness (QED) is 0.806. The van der Waals surface area contributed by atoms with E-state index < -0.39 is 0 Å². The minimum Gasteiger partial charge on any atom is -0.462 e. The van der Waals surface area contributed by atoms with Crippen molar-refractivity contribution in [2.24, 2.45) is 0 Å². The van der Waals surface area contributed by atoms with Crippen molar-refractivity contribution in [1.82, 2.24) is 9.80 Å². The zero-order chi connectivity index (χ0) is 12.2. The lowest BCUT2D eigenvalue weighted by Crippen LogP contribution is -2.12. The third-order valence-electron chi connectivity index (χ3n) is 2.65. The van der Waals surface area contributed by atoms with Gasteiger partial charge in [0.05, 0.1) is 0 Å². The maximum Gasteiger partial charge on any atom is 0.314 e. The molecule has 4 radical (unpaired) electrons. The first kappa shape index (κ1) is 11.0. The average molecular weight is 240 g/mol. The van der Waals surface area contributed by atoms with Gasteiger partial charge in [0.15, 0.2) is 0 Å². The highest BCUT2D eigenvalue weighted by atomic mass is 16.5. The summed E-state index contributed by atoms with van der Waals surface area (Å²) in [6.07, 6.45) is 6.93. The van der Waals surface area contributed by atoms with Gasteiger partial charge in [0, 0.05) is 25.5 Å². The van der Waals surface area contributed by atoms with Crippen molar-refractivity contribution in [1.29, 1.82) is 0 Å². The fourth-order valence-corrected chi connectivity index (χ4v) is 1.85. The highest BCUT2D eigenvalue weighted by Crippen LogP contribution is 2.16. The molecule has 90 valence electrons. The van der Waals surface area contributed by atoms with E-state index in [2.05, 4.69) is 31.7 Å². The van der Waals surface area contributed by atoms with Gasteiger partial charge >= 0.3 is 13.5 Å². The second kappa shape index (κ2) is 5.04. The van der Waals surface area contributed by atoms with E-state index >= 15 is 0 Å². The van der Waals surface area contributed by atoms with E-state index in [1.807, 2.05) is 28.3 Å². The first-order chi connectivity index (χ1) is 8.90. The van der Waals surface area contributed by atoms with Crippen LogP contribution in [-0.4, -0.2) is 9.80 Å². The summed E-state index contributed by atoms with van der Waals surface area (Å²) in [6.45, 7) is 7.04. The molecule has 2 aliphatic heterocycles. The lowest BCUT2D eigenvalue weighted by Gasteiger charge is -2.14. The molecule has 3 rings (SSSR count). The van der Waals surface area contributed by atoms with Crippen LogP contribution in [0.4, 0.5) is 0 Å². The van der Waals surface area contributed by atoms with Crippen molar-refractivity contribution in [3.05, 3.63) is 73.8 Å². The Balaban J connectivity index is 1.64. The van der Waals surface area contributed by atoms with Crippen LogP contribution in [0.3, 0.4) is 0 Å². The molecular weight excluding hydrogens is 228 g/mol. The molecule has 0 bridgehead atoms. The average Bonchev–Trinajstić information content (AvgIpc) is 3.03. The van der Waals surface area contributed by atoms with Gasteiger partial charge < -0.3 is 19.3 Å². The summed E-state index contributed by atoms with van der Waals surface area (Å²) in [6, 6.07) is 8.37. The third-order valence-corrected chi connectivity index (χ3v) is 2.65. The van der Waals surface area contributed by atoms with Crippen LogP contribution in [0.2, 0.25) is 0 Å². The molecule has 0 atom stereocenters. The SMILES string of the molecule is [C]1OC=CN1Cc1cccc(CN2[C]OC=C2)c1. The number of hydrogen-bond donors (Lipinski definition) is 0. The highest BCUT2D eigenvalue weighted by Gasteiger charge is 2.11. The standard InChI is InChI=1S/C14H12N2O2/c1-2-13(9-15-4-6-17-11-15)8-14(3-1)10-16-5-7-18-12-16/h1-8H,9-10H2. The molecule has 0 unspecified atom stereocenters. The van der Waals surface area contributed by atoms with E-state index in [1.54, 1.807) is 12.5 Å².